The fraction of sp³-hybridized carbons (Fsp3) is 0.462. The molecule has 21 heavy (non-hydrogen) atoms. The molecule has 0 spiro atoms. The number of thiocarbonyl (C=S) groups is 1. The first kappa shape index (κ1) is 17.7. The largest absolute Gasteiger partial charge is 0.376 e. The lowest BCUT2D eigenvalue weighted by molar-refractivity contribution is 0.587. The minimum Gasteiger partial charge on any atom is -0.376 e. The fourth-order valence-electron chi connectivity index (χ4n) is 1.95. The maximum atomic E-state index is 11.1. The van der Waals surface area contributed by atoms with E-state index in [0.29, 0.717) is 13.1 Å². The molecule has 8 heteroatoms. The standard InChI is InChI=1S/C13H22N4O2S2/c1-4-17(8-7-15-21(3,18)19)11-5-6-12(10(2)9-11)16-13(14)20/h5-6,9,15H,4,7-8H2,1-3H3,(H3,14,16,20). The van der Waals surface area contributed by atoms with Crippen LogP contribution in [0.3, 0.4) is 0 Å². The Hall–Kier alpha value is -1.38. The topological polar surface area (TPSA) is 87.5 Å². The lowest BCUT2D eigenvalue weighted by atomic mass is 10.1. The van der Waals surface area contributed by atoms with Crippen LogP contribution in [0.5, 0.6) is 0 Å². The molecule has 0 saturated heterocycles. The molecule has 118 valence electrons. The summed E-state index contributed by atoms with van der Waals surface area (Å²) in [6, 6.07) is 5.89. The van der Waals surface area contributed by atoms with E-state index in [4.69, 9.17) is 18.0 Å². The Morgan fingerprint density at radius 2 is 2.10 bits per heavy atom. The Bertz CT molecular complexity index is 602. The summed E-state index contributed by atoms with van der Waals surface area (Å²) in [6.07, 6.45) is 1.16. The van der Waals surface area contributed by atoms with Gasteiger partial charge in [-0.2, -0.15) is 0 Å². The van der Waals surface area contributed by atoms with Crippen molar-refractivity contribution in [2.75, 3.05) is 36.1 Å². The first-order valence-corrected chi connectivity index (χ1v) is 8.89. The number of likely N-dealkylation sites (N-methyl/N-ethyl adjacent to an activating group) is 1. The third kappa shape index (κ3) is 6.28. The highest BCUT2D eigenvalue weighted by Gasteiger charge is 2.08. The second kappa shape index (κ2) is 7.58. The van der Waals surface area contributed by atoms with Gasteiger partial charge < -0.3 is 16.0 Å². The van der Waals surface area contributed by atoms with Crippen LogP contribution in [0.4, 0.5) is 11.4 Å². The zero-order valence-electron chi connectivity index (χ0n) is 12.5. The van der Waals surface area contributed by atoms with Crippen LogP contribution in [-0.2, 0) is 10.0 Å². The first-order chi connectivity index (χ1) is 9.73. The quantitative estimate of drug-likeness (QED) is 0.647. The maximum Gasteiger partial charge on any atom is 0.208 e. The Balaban J connectivity index is 2.77. The van der Waals surface area contributed by atoms with Crippen molar-refractivity contribution >= 4 is 38.7 Å². The van der Waals surface area contributed by atoms with E-state index >= 15 is 0 Å². The molecular formula is C13H22N4O2S2. The Kier molecular flexibility index (Phi) is 6.38. The molecule has 0 heterocycles. The fourth-order valence-corrected chi connectivity index (χ4v) is 2.53. The molecule has 0 radical (unpaired) electrons. The predicted octanol–water partition coefficient (Wildman–Crippen LogP) is 1.03. The van der Waals surface area contributed by atoms with Gasteiger partial charge in [-0.25, -0.2) is 13.1 Å². The zero-order chi connectivity index (χ0) is 16.0. The maximum absolute atomic E-state index is 11.1. The smallest absolute Gasteiger partial charge is 0.208 e. The Labute approximate surface area is 131 Å². The van der Waals surface area contributed by atoms with Gasteiger partial charge in [0.1, 0.15) is 0 Å². The number of aryl methyl sites for hydroxylation is 1. The number of rotatable bonds is 7. The van der Waals surface area contributed by atoms with Crippen LogP contribution in [0, 0.1) is 6.92 Å². The Morgan fingerprint density at radius 1 is 1.43 bits per heavy atom. The van der Waals surface area contributed by atoms with E-state index < -0.39 is 10.0 Å². The van der Waals surface area contributed by atoms with Crippen molar-refractivity contribution in [2.45, 2.75) is 13.8 Å². The van der Waals surface area contributed by atoms with Gasteiger partial charge in [0.05, 0.1) is 6.26 Å². The molecule has 0 aliphatic rings. The minimum absolute atomic E-state index is 0.232. The molecule has 4 N–H and O–H groups in total. The van der Waals surface area contributed by atoms with Crippen molar-refractivity contribution in [3.63, 3.8) is 0 Å². The van der Waals surface area contributed by atoms with Crippen LogP contribution in [-0.4, -0.2) is 39.4 Å². The molecular weight excluding hydrogens is 308 g/mol. The average Bonchev–Trinajstić information content (AvgIpc) is 2.35. The van der Waals surface area contributed by atoms with Crippen LogP contribution in [0.1, 0.15) is 12.5 Å². The summed E-state index contributed by atoms with van der Waals surface area (Å²) in [6.45, 7) is 5.75. The molecule has 1 aromatic carbocycles. The molecule has 0 aliphatic carbocycles. The van der Waals surface area contributed by atoms with Gasteiger partial charge in [-0.1, -0.05) is 0 Å². The molecule has 0 fully saturated rings. The zero-order valence-corrected chi connectivity index (χ0v) is 14.1. The van der Waals surface area contributed by atoms with Gasteiger partial charge in [0.15, 0.2) is 5.11 Å². The van der Waals surface area contributed by atoms with E-state index in [9.17, 15) is 8.42 Å². The SMILES string of the molecule is CCN(CCNS(C)(=O)=O)c1ccc(NC(N)=S)c(C)c1. The molecule has 1 rings (SSSR count). The second-order valence-electron chi connectivity index (χ2n) is 4.73. The van der Waals surface area contributed by atoms with Crippen molar-refractivity contribution in [2.24, 2.45) is 5.73 Å². The molecule has 0 saturated carbocycles. The van der Waals surface area contributed by atoms with Crippen LogP contribution >= 0.6 is 12.2 Å². The number of nitrogens with zero attached hydrogens (tertiary/aromatic N) is 1. The monoisotopic (exact) mass is 330 g/mol. The van der Waals surface area contributed by atoms with E-state index in [2.05, 4.69) is 14.9 Å². The van der Waals surface area contributed by atoms with Crippen LogP contribution < -0.4 is 20.7 Å². The van der Waals surface area contributed by atoms with Crippen molar-refractivity contribution in [3.8, 4) is 0 Å². The van der Waals surface area contributed by atoms with E-state index in [1.54, 1.807) is 0 Å². The number of nitrogens with two attached hydrogens (primary N) is 1. The summed E-state index contributed by atoms with van der Waals surface area (Å²) in [4.78, 5) is 2.09. The van der Waals surface area contributed by atoms with Gasteiger partial charge in [0, 0.05) is 31.0 Å². The van der Waals surface area contributed by atoms with Crippen LogP contribution in [0.2, 0.25) is 0 Å². The number of benzene rings is 1. The van der Waals surface area contributed by atoms with Crippen LogP contribution in [0.15, 0.2) is 18.2 Å². The van der Waals surface area contributed by atoms with Gasteiger partial charge in [-0.15, -0.1) is 0 Å². The van der Waals surface area contributed by atoms with Gasteiger partial charge in [-0.05, 0) is 49.8 Å². The highest BCUT2D eigenvalue weighted by Crippen LogP contribution is 2.22. The van der Waals surface area contributed by atoms with Gasteiger partial charge in [-0.3, -0.25) is 0 Å². The summed E-state index contributed by atoms with van der Waals surface area (Å²) in [7, 11) is -3.15. The highest BCUT2D eigenvalue weighted by molar-refractivity contribution is 7.88. The summed E-state index contributed by atoms with van der Waals surface area (Å²) in [5, 5.41) is 3.15. The lowest BCUT2D eigenvalue weighted by Gasteiger charge is -2.24. The predicted molar refractivity (Wildman–Crippen MR) is 92.3 cm³/mol. The van der Waals surface area contributed by atoms with Gasteiger partial charge >= 0.3 is 0 Å². The van der Waals surface area contributed by atoms with E-state index in [0.717, 1.165) is 29.7 Å². The van der Waals surface area contributed by atoms with Crippen molar-refractivity contribution < 1.29 is 8.42 Å². The second-order valence-corrected chi connectivity index (χ2v) is 7.01. The molecule has 0 amide bonds. The third-order valence-corrected chi connectivity index (χ3v) is 3.79. The Morgan fingerprint density at radius 3 is 2.57 bits per heavy atom. The summed E-state index contributed by atoms with van der Waals surface area (Å²) < 4.78 is 24.6. The molecule has 0 bridgehead atoms. The van der Waals surface area contributed by atoms with E-state index in [1.807, 2.05) is 32.0 Å². The first-order valence-electron chi connectivity index (χ1n) is 6.59. The van der Waals surface area contributed by atoms with E-state index in [-0.39, 0.29) is 5.11 Å². The molecule has 0 aliphatic heterocycles. The van der Waals surface area contributed by atoms with E-state index in [1.165, 1.54) is 0 Å². The van der Waals surface area contributed by atoms with Crippen molar-refractivity contribution in [3.05, 3.63) is 23.8 Å². The molecule has 0 unspecified atom stereocenters. The number of nitrogens with one attached hydrogen (secondary N) is 2. The van der Waals surface area contributed by atoms with Gasteiger partial charge in [0.2, 0.25) is 10.0 Å². The van der Waals surface area contributed by atoms with Crippen molar-refractivity contribution in [1.29, 1.82) is 0 Å². The van der Waals surface area contributed by atoms with Crippen LogP contribution in [0.25, 0.3) is 0 Å². The molecule has 1 aromatic rings. The number of sulfonamides is 1. The highest BCUT2D eigenvalue weighted by atomic mass is 32.2. The van der Waals surface area contributed by atoms with Gasteiger partial charge in [0.25, 0.3) is 0 Å². The minimum atomic E-state index is -3.15. The summed E-state index contributed by atoms with van der Waals surface area (Å²) in [5.41, 5.74) is 8.39. The average molecular weight is 330 g/mol. The number of hydrogen-bond acceptors (Lipinski definition) is 4. The molecule has 6 nitrogen and oxygen atoms in total. The normalized spacial score (nSPS) is 11.2. The molecule has 0 atom stereocenters. The number of anilines is 2. The van der Waals surface area contributed by atoms with Crippen molar-refractivity contribution in [1.82, 2.24) is 4.72 Å². The number of hydrogen-bond donors (Lipinski definition) is 3. The summed E-state index contributed by atoms with van der Waals surface area (Å²) in [5.74, 6) is 0. The lowest BCUT2D eigenvalue weighted by Crippen LogP contribution is -2.34. The summed E-state index contributed by atoms with van der Waals surface area (Å²) >= 11 is 4.83. The molecule has 0 aromatic heterocycles. The third-order valence-electron chi connectivity index (χ3n) is 2.96.